The molecular formula is C85H136N10O22. The first kappa shape index (κ1) is 97.4. The highest BCUT2D eigenvalue weighted by Gasteiger charge is 2.53. The van der Waals surface area contributed by atoms with Crippen LogP contribution in [0.5, 0.6) is 0 Å². The molecule has 1 aliphatic carbocycles. The lowest BCUT2D eigenvalue weighted by Crippen LogP contribution is -2.61. The molecule has 3 aromatic heterocycles. The number of unbranched alkanes of at least 4 members (excludes halogenated alkanes) is 2. The van der Waals surface area contributed by atoms with Gasteiger partial charge in [0.25, 0.3) is 11.7 Å². The Bertz CT molecular complexity index is 3560. The summed E-state index contributed by atoms with van der Waals surface area (Å²) in [7, 11) is 4.65. The van der Waals surface area contributed by atoms with Crippen LogP contribution in [0.3, 0.4) is 0 Å². The van der Waals surface area contributed by atoms with Crippen molar-refractivity contribution < 1.29 is 105 Å². The van der Waals surface area contributed by atoms with E-state index in [2.05, 4.69) is 30.7 Å². The van der Waals surface area contributed by atoms with E-state index in [0.717, 1.165) is 61.6 Å². The number of ketones is 3. The molecule has 5 N–H and O–H groups in total. The van der Waals surface area contributed by atoms with Gasteiger partial charge in [0, 0.05) is 90.8 Å². The van der Waals surface area contributed by atoms with E-state index in [1.807, 2.05) is 64.3 Å². The smallest absolute Gasteiger partial charge is 0.329 e. The van der Waals surface area contributed by atoms with Gasteiger partial charge in [0.05, 0.1) is 154 Å². The number of Topliss-reactive ketones (excluding diaryl/α,β-unsaturated/α-hetero) is 3. The fourth-order valence-electron chi connectivity index (χ4n) is 15.2. The number of nitrogens with one attached hydrogen (secondary N) is 1. The highest BCUT2D eigenvalue weighted by atomic mass is 16.6. The Kier molecular flexibility index (Phi) is 44.8. The van der Waals surface area contributed by atoms with Gasteiger partial charge in [-0.3, -0.25) is 24.0 Å². The van der Waals surface area contributed by atoms with Crippen molar-refractivity contribution in [1.82, 2.24) is 45.0 Å². The molecule has 2 bridgehead atoms. The average Bonchev–Trinajstić information content (AvgIpc) is 1.59. The topological polar surface area (TPSA) is 388 Å². The number of ether oxygens (including phenoxy) is 14. The highest BCUT2D eigenvalue weighted by molar-refractivity contribution is 6.39. The van der Waals surface area contributed by atoms with Gasteiger partial charge in [-0.05, 0) is 139 Å². The first-order valence-corrected chi connectivity index (χ1v) is 42.3. The van der Waals surface area contributed by atoms with Crippen molar-refractivity contribution >= 4 is 52.0 Å². The fourth-order valence-corrected chi connectivity index (χ4v) is 15.2. The summed E-state index contributed by atoms with van der Waals surface area (Å²) in [6.45, 7) is 22.0. The van der Waals surface area contributed by atoms with Crippen LogP contribution in [0.15, 0.2) is 66.3 Å². The third-order valence-electron chi connectivity index (χ3n) is 22.3. The molecule has 2 saturated heterocycles. The first-order valence-electron chi connectivity index (χ1n) is 42.3. The van der Waals surface area contributed by atoms with E-state index in [1.54, 1.807) is 56.6 Å². The number of nitrogens with zero attached hydrogens (tertiary/aromatic N) is 8. The number of amides is 2. The van der Waals surface area contributed by atoms with Crippen molar-refractivity contribution in [2.24, 2.45) is 35.5 Å². The van der Waals surface area contributed by atoms with Crippen LogP contribution in [0, 0.1) is 35.5 Å². The molecule has 7 rings (SSSR count). The van der Waals surface area contributed by atoms with E-state index in [-0.39, 0.29) is 73.2 Å². The maximum atomic E-state index is 14.8. The van der Waals surface area contributed by atoms with Crippen LogP contribution in [-0.4, -0.2) is 286 Å². The molecule has 32 nitrogen and oxygen atoms in total. The van der Waals surface area contributed by atoms with Gasteiger partial charge in [-0.15, -0.1) is 5.10 Å². The van der Waals surface area contributed by atoms with Crippen molar-refractivity contribution in [3.63, 3.8) is 0 Å². The number of carbonyl (C=O) groups excluding carboxylic acids is 6. The third-order valence-corrected chi connectivity index (χ3v) is 22.3. The number of hydrogen-bond donors (Lipinski definition) is 4. The largest absolute Gasteiger partial charge is 0.460 e. The molecule has 0 aromatic carbocycles. The predicted octanol–water partition coefficient (Wildman–Crippen LogP) is 7.66. The molecular weight excluding hydrogens is 1510 g/mol. The lowest BCUT2D eigenvalue weighted by molar-refractivity contribution is -0.265. The number of nitrogen functional groups attached to an aromatic ring is 1. The van der Waals surface area contributed by atoms with Crippen LogP contribution in [0.25, 0.3) is 11.0 Å². The summed E-state index contributed by atoms with van der Waals surface area (Å²) in [6, 6.07) is -1.17. The molecule has 0 spiro atoms. The molecule has 0 unspecified atom stereocenters. The van der Waals surface area contributed by atoms with Gasteiger partial charge >= 0.3 is 5.97 Å². The average molecular weight is 1650 g/mol. The molecule has 117 heavy (non-hydrogen) atoms. The van der Waals surface area contributed by atoms with E-state index in [9.17, 15) is 39.0 Å². The molecule has 4 aliphatic rings. The van der Waals surface area contributed by atoms with Gasteiger partial charge in [-0.1, -0.05) is 76.3 Å². The van der Waals surface area contributed by atoms with Crippen LogP contribution in [0.2, 0.25) is 0 Å². The monoisotopic (exact) mass is 1650 g/mol. The van der Waals surface area contributed by atoms with Crippen molar-refractivity contribution in [3.05, 3.63) is 72.0 Å². The number of aromatic nitrogens is 7. The molecule has 15 atom stereocenters. The number of cyclic esters (lactones) is 1. The minimum absolute atomic E-state index is 0.00286. The molecule has 3 aromatic rings. The SMILES string of the molecule is CO[C@H]1C[C@@H]2CC[C@@H](C)[C@@](O)(O2)C(=O)C(=O)N2CCCC[C@H]2C(=O)O[C@H]([C@H](C)C[C@@H]2CC[C@@H](OCCCCc3cn(CCOCCOCCOCCOCCOCCOCCOCCOCCC(=O)NCCCCn4ncc5c(N)ncnc54)nn3)[C@H](OC)C2)CC(=O)[C@H](C)/C=C(\C)[C@@H](O)[C@@H](OC)C(=O)[C@H](C)C[C@H](C)/C=C/C=CC=C1C. The zero-order valence-corrected chi connectivity index (χ0v) is 71.1. The highest BCUT2D eigenvalue weighted by Crippen LogP contribution is 2.39. The number of piperidine rings is 1. The predicted molar refractivity (Wildman–Crippen MR) is 435 cm³/mol. The minimum atomic E-state index is -2.46. The Balaban J connectivity index is 0.737. The molecule has 1 saturated carbocycles. The van der Waals surface area contributed by atoms with Crippen LogP contribution >= 0.6 is 0 Å². The Morgan fingerprint density at radius 2 is 1.38 bits per heavy atom. The summed E-state index contributed by atoms with van der Waals surface area (Å²) < 4.78 is 85.1. The van der Waals surface area contributed by atoms with Gasteiger partial charge < -0.3 is 92.5 Å². The number of aryl methyl sites for hydroxylation is 2. The van der Waals surface area contributed by atoms with E-state index < -0.39 is 77.8 Å². The number of nitrogens with two attached hydrogens (primary N) is 1. The Labute approximate surface area is 690 Å². The zero-order valence-electron chi connectivity index (χ0n) is 71.1. The van der Waals surface area contributed by atoms with Crippen molar-refractivity contribution in [2.45, 2.75) is 232 Å². The van der Waals surface area contributed by atoms with Crippen LogP contribution in [0.1, 0.15) is 163 Å². The Morgan fingerprint density at radius 1 is 0.709 bits per heavy atom. The molecule has 3 fully saturated rings. The van der Waals surface area contributed by atoms with Crippen LogP contribution in [0.4, 0.5) is 5.82 Å². The molecule has 0 radical (unpaired) electrons. The van der Waals surface area contributed by atoms with E-state index >= 15 is 0 Å². The van der Waals surface area contributed by atoms with Crippen LogP contribution < -0.4 is 11.1 Å². The normalized spacial score (nSPS) is 27.0. The standard InChI is InChI=1S/C85H136N10O22/c1-59-20-12-11-13-21-60(2)73(104-8)54-68-26-24-65(7)85(103,117-68)80(100)83(101)94-30-17-14-23-70(94)84(102)116-74(55-71(96)61(3)51-64(6)78(99)79(106-10)77(98)63(5)50-59)62(4)52-66-25-27-72(75(53-66)105-9)115-33-19-15-22-67-57-93(92-91-67)32-35-108-37-39-110-41-43-112-45-47-114-49-48-113-46-44-111-42-40-109-38-36-107-34-28-76(97)87-29-16-18-31-95-82-69(56-90-95)81(86)88-58-89-82/h11-13,20-21,51,56-59,61-63,65-66,68,70,72-75,78-79,99,103H,14-19,22-50,52-55H2,1-10H3,(H,87,97)(H2,86,88,89)/b13-11?,20-12+,60-21?,64-51+/t59-,61-,62-,63-,65-,66+,68+,70+,72-,73+,74+,75-,78-,79+,85-/m1/s1. The lowest BCUT2D eigenvalue weighted by atomic mass is 9.78. The number of esters is 1. The maximum absolute atomic E-state index is 14.8. The summed E-state index contributed by atoms with van der Waals surface area (Å²) in [5.41, 5.74) is 8.71. The summed E-state index contributed by atoms with van der Waals surface area (Å²) in [5, 5.41) is 40.4. The van der Waals surface area contributed by atoms with Gasteiger partial charge in [0.2, 0.25) is 11.7 Å². The van der Waals surface area contributed by atoms with E-state index in [0.29, 0.717) is 200 Å². The second kappa shape index (κ2) is 53.8. The maximum Gasteiger partial charge on any atom is 0.329 e. The molecule has 6 heterocycles. The number of hydrogen-bond acceptors (Lipinski definition) is 28. The molecule has 2 amide bonds. The second-order valence-electron chi connectivity index (χ2n) is 31.4. The van der Waals surface area contributed by atoms with Gasteiger partial charge in [-0.2, -0.15) is 5.10 Å². The number of rotatable bonds is 44. The number of carbonyl (C=O) groups is 6. The number of fused-ring (bicyclic) bond motifs is 4. The number of methoxy groups -OCH3 is 3. The summed E-state index contributed by atoms with van der Waals surface area (Å²) in [6.07, 6.45) is 21.2. The molecule has 3 aliphatic heterocycles. The fraction of sp³-hybridized carbons (Fsp3) is 0.753. The van der Waals surface area contributed by atoms with E-state index in [1.165, 1.54) is 18.3 Å². The minimum Gasteiger partial charge on any atom is -0.460 e. The summed E-state index contributed by atoms with van der Waals surface area (Å²) in [4.78, 5) is 93.8. The van der Waals surface area contributed by atoms with Crippen molar-refractivity contribution in [1.29, 1.82) is 0 Å². The number of aliphatic hydroxyl groups is 2. The number of aliphatic hydroxyl groups excluding tert-OH is 1. The van der Waals surface area contributed by atoms with Gasteiger partial charge in [-0.25, -0.2) is 24.1 Å². The number of anilines is 1. The van der Waals surface area contributed by atoms with Crippen LogP contribution in [-0.2, 0) is 115 Å². The van der Waals surface area contributed by atoms with Crippen molar-refractivity contribution in [3.8, 4) is 0 Å². The lowest BCUT2D eigenvalue weighted by Gasteiger charge is -2.42. The quantitative estimate of drug-likeness (QED) is 0.0182. The zero-order chi connectivity index (χ0) is 84.3. The summed E-state index contributed by atoms with van der Waals surface area (Å²) >= 11 is 0. The summed E-state index contributed by atoms with van der Waals surface area (Å²) in [5.74, 6) is -7.80. The van der Waals surface area contributed by atoms with E-state index in [4.69, 9.17) is 72.0 Å². The van der Waals surface area contributed by atoms with Gasteiger partial charge in [0.1, 0.15) is 42.3 Å². The number of allylic oxidation sites excluding steroid dienone is 6. The first-order chi connectivity index (χ1) is 56.5. The van der Waals surface area contributed by atoms with Crippen molar-refractivity contribution in [2.75, 3.05) is 152 Å². The third kappa shape index (κ3) is 33.3. The Hall–Kier alpha value is -6.73. The van der Waals surface area contributed by atoms with Gasteiger partial charge in [0.15, 0.2) is 11.4 Å². The molecule has 32 heteroatoms. The molecule has 658 valence electrons. The second-order valence-corrected chi connectivity index (χ2v) is 31.4. The Morgan fingerprint density at radius 3 is 2.03 bits per heavy atom.